The zero-order valence-corrected chi connectivity index (χ0v) is 19.5. The average Bonchev–Trinajstić information content (AvgIpc) is 2.82. The van der Waals surface area contributed by atoms with E-state index in [1.165, 1.54) is 17.4 Å². The van der Waals surface area contributed by atoms with Crippen molar-refractivity contribution in [3.05, 3.63) is 79.0 Å². The van der Waals surface area contributed by atoms with Crippen molar-refractivity contribution in [1.29, 1.82) is 0 Å². The molecule has 0 amide bonds. The van der Waals surface area contributed by atoms with Crippen molar-refractivity contribution in [2.24, 2.45) is 4.99 Å². The van der Waals surface area contributed by atoms with Gasteiger partial charge in [-0.3, -0.25) is 4.99 Å². The van der Waals surface area contributed by atoms with Gasteiger partial charge >= 0.3 is 0 Å². The molecule has 1 aromatic heterocycles. The van der Waals surface area contributed by atoms with Crippen molar-refractivity contribution < 1.29 is 0 Å². The highest BCUT2D eigenvalue weighted by Gasteiger charge is 2.15. The molecule has 2 aromatic carbocycles. The first-order valence-electron chi connectivity index (χ1n) is 10.7. The number of aromatic nitrogens is 1. The zero-order chi connectivity index (χ0) is 22.5. The molecule has 0 bridgehead atoms. The molecule has 0 aliphatic carbocycles. The third-order valence-electron chi connectivity index (χ3n) is 5.69. The summed E-state index contributed by atoms with van der Waals surface area (Å²) in [5, 5.41) is 5.58. The largest absolute Gasteiger partial charge is 0.369 e. The number of hydrogen-bond acceptors (Lipinski definition) is 6. The van der Waals surface area contributed by atoms with Gasteiger partial charge in [0.2, 0.25) is 0 Å². The van der Waals surface area contributed by atoms with Crippen LogP contribution in [0.4, 0.5) is 11.5 Å². The van der Waals surface area contributed by atoms with Crippen LogP contribution < -0.4 is 10.2 Å². The first-order chi connectivity index (χ1) is 15.5. The van der Waals surface area contributed by atoms with E-state index in [1.54, 1.807) is 12.6 Å². The highest BCUT2D eigenvalue weighted by Crippen LogP contribution is 2.28. The SMILES string of the molecule is C=C(Nc1cc2cc(C(=C)SC=NC)ccc2cn1)c1cccc(N2CCN(C)CC2)c1. The van der Waals surface area contributed by atoms with Crippen LogP contribution in [-0.4, -0.2) is 55.7 Å². The van der Waals surface area contributed by atoms with Gasteiger partial charge in [0.1, 0.15) is 5.82 Å². The van der Waals surface area contributed by atoms with Crippen molar-refractivity contribution >= 4 is 50.2 Å². The Balaban J connectivity index is 1.51. The first kappa shape index (κ1) is 22.1. The normalized spacial score (nSPS) is 14.8. The summed E-state index contributed by atoms with van der Waals surface area (Å²) in [5.41, 5.74) is 6.02. The maximum Gasteiger partial charge on any atom is 0.130 e. The number of pyridine rings is 1. The summed E-state index contributed by atoms with van der Waals surface area (Å²) in [5.74, 6) is 0.776. The minimum Gasteiger partial charge on any atom is -0.369 e. The number of hydrogen-bond donors (Lipinski definition) is 1. The molecule has 6 heteroatoms. The van der Waals surface area contributed by atoms with Crippen LogP contribution in [0.3, 0.4) is 0 Å². The van der Waals surface area contributed by atoms with Gasteiger partial charge in [0.05, 0.1) is 5.55 Å². The second-order valence-electron chi connectivity index (χ2n) is 7.98. The van der Waals surface area contributed by atoms with Crippen molar-refractivity contribution in [3.63, 3.8) is 0 Å². The number of nitrogens with zero attached hydrogens (tertiary/aromatic N) is 4. The molecule has 1 saturated heterocycles. The van der Waals surface area contributed by atoms with Crippen LogP contribution in [0.15, 0.2) is 72.9 Å². The summed E-state index contributed by atoms with van der Waals surface area (Å²) >= 11 is 1.53. The van der Waals surface area contributed by atoms with Crippen LogP contribution in [-0.2, 0) is 0 Å². The molecule has 3 aromatic rings. The van der Waals surface area contributed by atoms with Crippen LogP contribution in [0.2, 0.25) is 0 Å². The van der Waals surface area contributed by atoms with Gasteiger partial charge in [0.15, 0.2) is 0 Å². The standard InChI is InChI=1S/C26H29N5S/c1-19(21-6-5-7-25(15-21)31-12-10-30(4)11-13-31)29-26-16-24-14-22(20(2)32-18-27-3)8-9-23(24)17-28-26/h5-9,14-18H,1-2,10-13H2,3-4H3,(H,28,29). The Morgan fingerprint density at radius 3 is 2.62 bits per heavy atom. The Hall–Kier alpha value is -3.09. The van der Waals surface area contributed by atoms with Crippen molar-refractivity contribution in [2.75, 3.05) is 50.5 Å². The fourth-order valence-electron chi connectivity index (χ4n) is 3.75. The fraction of sp³-hybridized carbons (Fsp3) is 0.231. The molecule has 164 valence electrons. The molecule has 2 heterocycles. The second kappa shape index (κ2) is 10.0. The predicted octanol–water partition coefficient (Wildman–Crippen LogP) is 5.43. The third kappa shape index (κ3) is 5.21. The van der Waals surface area contributed by atoms with Crippen LogP contribution >= 0.6 is 11.8 Å². The monoisotopic (exact) mass is 443 g/mol. The highest BCUT2D eigenvalue weighted by atomic mass is 32.2. The van der Waals surface area contributed by atoms with Crippen molar-refractivity contribution in [1.82, 2.24) is 9.88 Å². The quantitative estimate of drug-likeness (QED) is 0.390. The number of thioether (sulfide) groups is 1. The van der Waals surface area contributed by atoms with Gasteiger partial charge in [-0.2, -0.15) is 0 Å². The Bertz CT molecular complexity index is 1160. The van der Waals surface area contributed by atoms with E-state index in [2.05, 4.69) is 93.8 Å². The van der Waals surface area contributed by atoms with Crippen LogP contribution in [0, 0.1) is 0 Å². The lowest BCUT2D eigenvalue weighted by molar-refractivity contribution is 0.313. The van der Waals surface area contributed by atoms with E-state index in [9.17, 15) is 0 Å². The van der Waals surface area contributed by atoms with E-state index in [0.29, 0.717) is 0 Å². The number of aliphatic imine (C=N–C) groups is 1. The summed E-state index contributed by atoms with van der Waals surface area (Å²) < 4.78 is 0. The summed E-state index contributed by atoms with van der Waals surface area (Å²) in [6, 6.07) is 16.9. The minimum atomic E-state index is 0.776. The van der Waals surface area contributed by atoms with E-state index in [4.69, 9.17) is 0 Å². The molecule has 1 aliphatic heterocycles. The molecule has 1 fully saturated rings. The lowest BCUT2D eigenvalue weighted by Gasteiger charge is -2.34. The number of likely N-dealkylation sites (N-methyl/N-ethyl adjacent to an activating group) is 1. The Morgan fingerprint density at radius 1 is 1.03 bits per heavy atom. The molecule has 0 spiro atoms. The van der Waals surface area contributed by atoms with Gasteiger partial charge in [0, 0.05) is 61.1 Å². The van der Waals surface area contributed by atoms with Gasteiger partial charge in [-0.1, -0.05) is 49.2 Å². The number of fused-ring (bicyclic) bond motifs is 1. The number of nitrogens with one attached hydrogen (secondary N) is 1. The molecule has 4 rings (SSSR count). The molecular formula is C26H29N5S. The van der Waals surface area contributed by atoms with Gasteiger partial charge < -0.3 is 15.1 Å². The van der Waals surface area contributed by atoms with Gasteiger partial charge in [-0.05, 0) is 47.8 Å². The number of piperazine rings is 1. The number of rotatable bonds is 7. The molecule has 0 radical (unpaired) electrons. The van der Waals surface area contributed by atoms with E-state index in [-0.39, 0.29) is 0 Å². The van der Waals surface area contributed by atoms with E-state index < -0.39 is 0 Å². The number of benzene rings is 2. The van der Waals surface area contributed by atoms with Crippen molar-refractivity contribution in [2.45, 2.75) is 0 Å². The van der Waals surface area contributed by atoms with E-state index in [1.807, 2.05) is 6.20 Å². The van der Waals surface area contributed by atoms with Gasteiger partial charge in [-0.25, -0.2) is 4.98 Å². The fourth-order valence-corrected chi connectivity index (χ4v) is 4.24. The molecule has 0 saturated carbocycles. The molecule has 32 heavy (non-hydrogen) atoms. The van der Waals surface area contributed by atoms with E-state index >= 15 is 0 Å². The molecule has 5 nitrogen and oxygen atoms in total. The van der Waals surface area contributed by atoms with Crippen LogP contribution in [0.5, 0.6) is 0 Å². The molecule has 1 aliphatic rings. The Labute approximate surface area is 194 Å². The Kier molecular flexibility index (Phi) is 6.93. The second-order valence-corrected chi connectivity index (χ2v) is 8.92. The Morgan fingerprint density at radius 2 is 1.84 bits per heavy atom. The van der Waals surface area contributed by atoms with Gasteiger partial charge in [-0.15, -0.1) is 0 Å². The van der Waals surface area contributed by atoms with Crippen LogP contribution in [0.25, 0.3) is 21.4 Å². The van der Waals surface area contributed by atoms with E-state index in [0.717, 1.165) is 64.5 Å². The van der Waals surface area contributed by atoms with Crippen LogP contribution in [0.1, 0.15) is 11.1 Å². The lowest BCUT2D eigenvalue weighted by Crippen LogP contribution is -2.44. The minimum absolute atomic E-state index is 0.776. The van der Waals surface area contributed by atoms with Crippen molar-refractivity contribution in [3.8, 4) is 0 Å². The topological polar surface area (TPSA) is 43.8 Å². The maximum absolute atomic E-state index is 4.58. The predicted molar refractivity (Wildman–Crippen MR) is 142 cm³/mol. The molecule has 0 unspecified atom stereocenters. The molecule has 0 atom stereocenters. The number of anilines is 2. The molecule has 1 N–H and O–H groups in total. The summed E-state index contributed by atoms with van der Waals surface area (Å²) in [6.45, 7) is 12.7. The summed E-state index contributed by atoms with van der Waals surface area (Å²) in [4.78, 5) is 14.4. The maximum atomic E-state index is 4.58. The average molecular weight is 444 g/mol. The highest BCUT2D eigenvalue weighted by molar-refractivity contribution is 8.20. The smallest absolute Gasteiger partial charge is 0.130 e. The van der Waals surface area contributed by atoms with Gasteiger partial charge in [0.25, 0.3) is 0 Å². The molecular weight excluding hydrogens is 414 g/mol. The lowest BCUT2D eigenvalue weighted by atomic mass is 10.1. The summed E-state index contributed by atoms with van der Waals surface area (Å²) in [6.07, 6.45) is 1.89. The first-order valence-corrected chi connectivity index (χ1v) is 11.6. The third-order valence-corrected chi connectivity index (χ3v) is 6.52. The zero-order valence-electron chi connectivity index (χ0n) is 18.7. The summed E-state index contributed by atoms with van der Waals surface area (Å²) in [7, 11) is 3.94.